The van der Waals surface area contributed by atoms with Gasteiger partial charge in [0.15, 0.2) is 0 Å². The Hall–Kier alpha value is -1.42. The molecule has 0 unspecified atom stereocenters. The number of nitrogens with one attached hydrogen (secondary N) is 1. The summed E-state index contributed by atoms with van der Waals surface area (Å²) in [6, 6.07) is 10.1. The van der Waals surface area contributed by atoms with Gasteiger partial charge in [0, 0.05) is 21.2 Å². The molecule has 0 aliphatic rings. The Morgan fingerprint density at radius 2 is 1.80 bits per heavy atom. The third kappa shape index (κ3) is 3.57. The number of benzene rings is 2. The highest BCUT2D eigenvalue weighted by Gasteiger charge is 2.07. The van der Waals surface area contributed by atoms with Gasteiger partial charge in [-0.3, -0.25) is 5.41 Å². The number of nitrogen functional groups attached to an aromatic ring is 1. The van der Waals surface area contributed by atoms with Crippen LogP contribution in [-0.2, 0) is 6.61 Å². The summed E-state index contributed by atoms with van der Waals surface area (Å²) in [5.74, 6) is 0.448. The molecule has 2 rings (SSSR count). The Labute approximate surface area is 131 Å². The molecular formula is C14H11Cl3N2O. The van der Waals surface area contributed by atoms with E-state index in [1.54, 1.807) is 36.4 Å². The lowest BCUT2D eigenvalue weighted by Crippen LogP contribution is -2.10. The summed E-state index contributed by atoms with van der Waals surface area (Å²) in [5, 5.41) is 8.89. The summed E-state index contributed by atoms with van der Waals surface area (Å²) >= 11 is 18.0. The third-order valence-corrected chi connectivity index (χ3v) is 3.53. The van der Waals surface area contributed by atoms with Crippen molar-refractivity contribution < 1.29 is 4.74 Å². The van der Waals surface area contributed by atoms with Crippen molar-refractivity contribution in [1.82, 2.24) is 0 Å². The van der Waals surface area contributed by atoms with Crippen LogP contribution < -0.4 is 10.5 Å². The number of hydrogen-bond acceptors (Lipinski definition) is 2. The van der Waals surface area contributed by atoms with Crippen LogP contribution in [0.2, 0.25) is 15.1 Å². The van der Waals surface area contributed by atoms with Crippen molar-refractivity contribution in [2.75, 3.05) is 0 Å². The fourth-order valence-electron chi connectivity index (χ4n) is 1.59. The van der Waals surface area contributed by atoms with Crippen molar-refractivity contribution >= 4 is 40.6 Å². The lowest BCUT2D eigenvalue weighted by atomic mass is 10.2. The van der Waals surface area contributed by atoms with Crippen LogP contribution in [0.3, 0.4) is 0 Å². The van der Waals surface area contributed by atoms with Crippen LogP contribution in [0.25, 0.3) is 0 Å². The second-order valence-corrected chi connectivity index (χ2v) is 5.33. The quantitative estimate of drug-likeness (QED) is 0.640. The van der Waals surface area contributed by atoms with Gasteiger partial charge in [-0.1, -0.05) is 34.8 Å². The van der Waals surface area contributed by atoms with Crippen molar-refractivity contribution in [1.29, 1.82) is 5.41 Å². The molecular weight excluding hydrogens is 319 g/mol. The highest BCUT2D eigenvalue weighted by Crippen LogP contribution is 2.28. The van der Waals surface area contributed by atoms with Gasteiger partial charge in [0.25, 0.3) is 0 Å². The van der Waals surface area contributed by atoms with Gasteiger partial charge in [0.2, 0.25) is 0 Å². The maximum absolute atomic E-state index is 7.34. The van der Waals surface area contributed by atoms with Crippen LogP contribution in [0.5, 0.6) is 5.75 Å². The van der Waals surface area contributed by atoms with Gasteiger partial charge >= 0.3 is 0 Å². The Balaban J connectivity index is 2.15. The van der Waals surface area contributed by atoms with Crippen LogP contribution in [0.4, 0.5) is 0 Å². The normalized spacial score (nSPS) is 10.3. The first-order valence-electron chi connectivity index (χ1n) is 5.68. The van der Waals surface area contributed by atoms with Crippen molar-refractivity contribution in [3.63, 3.8) is 0 Å². The molecule has 20 heavy (non-hydrogen) atoms. The predicted molar refractivity (Wildman–Crippen MR) is 83.3 cm³/mol. The summed E-state index contributed by atoms with van der Waals surface area (Å²) in [7, 11) is 0. The number of halogens is 3. The monoisotopic (exact) mass is 328 g/mol. The SMILES string of the molecule is N=C(N)c1ccc(OCc2cc(Cl)ccc2Cl)c(Cl)c1. The Kier molecular flexibility index (Phi) is 4.76. The lowest BCUT2D eigenvalue weighted by molar-refractivity contribution is 0.306. The molecule has 0 fully saturated rings. The first-order chi connectivity index (χ1) is 9.47. The number of hydrogen-bond donors (Lipinski definition) is 2. The first kappa shape index (κ1) is 15.0. The number of nitrogens with two attached hydrogens (primary N) is 1. The second kappa shape index (κ2) is 6.35. The van der Waals surface area contributed by atoms with Crippen LogP contribution in [-0.4, -0.2) is 5.84 Å². The second-order valence-electron chi connectivity index (χ2n) is 4.08. The smallest absolute Gasteiger partial charge is 0.138 e. The summed E-state index contributed by atoms with van der Waals surface area (Å²) < 4.78 is 5.61. The van der Waals surface area contributed by atoms with Gasteiger partial charge in [0.1, 0.15) is 18.2 Å². The van der Waals surface area contributed by atoms with E-state index in [4.69, 9.17) is 50.7 Å². The molecule has 0 radical (unpaired) electrons. The van der Waals surface area contributed by atoms with Crippen molar-refractivity contribution in [2.24, 2.45) is 5.73 Å². The Morgan fingerprint density at radius 1 is 1.05 bits per heavy atom. The average Bonchev–Trinajstić information content (AvgIpc) is 2.40. The average molecular weight is 330 g/mol. The summed E-state index contributed by atoms with van der Waals surface area (Å²) in [6.07, 6.45) is 0. The molecule has 0 spiro atoms. The minimum absolute atomic E-state index is 0.0451. The van der Waals surface area contributed by atoms with E-state index in [1.165, 1.54) is 0 Å². The Bertz CT molecular complexity index is 659. The molecule has 0 aliphatic heterocycles. The van der Waals surface area contributed by atoms with Gasteiger partial charge in [-0.2, -0.15) is 0 Å². The van der Waals surface area contributed by atoms with Gasteiger partial charge in [-0.05, 0) is 36.4 Å². The van der Waals surface area contributed by atoms with E-state index < -0.39 is 0 Å². The number of ether oxygens (including phenoxy) is 1. The molecule has 0 saturated heterocycles. The molecule has 2 aromatic rings. The molecule has 0 aliphatic carbocycles. The predicted octanol–water partition coefficient (Wildman–Crippen LogP) is 4.51. The minimum Gasteiger partial charge on any atom is -0.487 e. The highest BCUT2D eigenvalue weighted by atomic mass is 35.5. The number of amidine groups is 1. The molecule has 0 atom stereocenters. The van der Waals surface area contributed by atoms with Gasteiger partial charge in [0.05, 0.1) is 5.02 Å². The van der Waals surface area contributed by atoms with E-state index in [0.717, 1.165) is 5.56 Å². The largest absolute Gasteiger partial charge is 0.487 e. The van der Waals surface area contributed by atoms with E-state index in [2.05, 4.69) is 0 Å². The van der Waals surface area contributed by atoms with E-state index in [1.807, 2.05) is 0 Å². The molecule has 6 heteroatoms. The fraction of sp³-hybridized carbons (Fsp3) is 0.0714. The van der Waals surface area contributed by atoms with E-state index in [0.29, 0.717) is 26.4 Å². The van der Waals surface area contributed by atoms with Crippen molar-refractivity contribution in [3.8, 4) is 5.75 Å². The standard InChI is InChI=1S/C14H11Cl3N2O/c15-10-2-3-11(16)9(5-10)7-20-13-4-1-8(14(18)19)6-12(13)17/h1-6H,7H2,(H3,18,19). The van der Waals surface area contributed by atoms with E-state index in [-0.39, 0.29) is 12.4 Å². The molecule has 3 N–H and O–H groups in total. The van der Waals surface area contributed by atoms with Crippen LogP contribution in [0.1, 0.15) is 11.1 Å². The molecule has 2 aromatic carbocycles. The zero-order chi connectivity index (χ0) is 14.7. The molecule has 0 heterocycles. The van der Waals surface area contributed by atoms with Crippen LogP contribution in [0, 0.1) is 5.41 Å². The Morgan fingerprint density at radius 3 is 2.45 bits per heavy atom. The topological polar surface area (TPSA) is 59.1 Å². The molecule has 0 bridgehead atoms. The van der Waals surface area contributed by atoms with Gasteiger partial charge in [-0.15, -0.1) is 0 Å². The lowest BCUT2D eigenvalue weighted by Gasteiger charge is -2.10. The first-order valence-corrected chi connectivity index (χ1v) is 6.81. The zero-order valence-corrected chi connectivity index (χ0v) is 12.6. The van der Waals surface area contributed by atoms with Gasteiger partial charge < -0.3 is 10.5 Å². The van der Waals surface area contributed by atoms with Crippen molar-refractivity contribution in [3.05, 3.63) is 62.6 Å². The van der Waals surface area contributed by atoms with Crippen LogP contribution in [0.15, 0.2) is 36.4 Å². The molecule has 0 amide bonds. The molecule has 104 valence electrons. The van der Waals surface area contributed by atoms with E-state index >= 15 is 0 Å². The minimum atomic E-state index is -0.0451. The van der Waals surface area contributed by atoms with Crippen molar-refractivity contribution in [2.45, 2.75) is 6.61 Å². The maximum atomic E-state index is 7.34. The third-order valence-electron chi connectivity index (χ3n) is 2.63. The summed E-state index contributed by atoms with van der Waals surface area (Å²) in [5.41, 5.74) is 6.70. The maximum Gasteiger partial charge on any atom is 0.138 e. The summed E-state index contributed by atoms with van der Waals surface area (Å²) in [6.45, 7) is 0.249. The molecule has 0 aromatic heterocycles. The summed E-state index contributed by atoms with van der Waals surface area (Å²) in [4.78, 5) is 0. The molecule has 0 saturated carbocycles. The fourth-order valence-corrected chi connectivity index (χ4v) is 2.20. The van der Waals surface area contributed by atoms with Gasteiger partial charge in [-0.25, -0.2) is 0 Å². The zero-order valence-electron chi connectivity index (χ0n) is 10.3. The molecule has 3 nitrogen and oxygen atoms in total. The van der Waals surface area contributed by atoms with Crippen LogP contribution >= 0.6 is 34.8 Å². The number of rotatable bonds is 4. The van der Waals surface area contributed by atoms with E-state index in [9.17, 15) is 0 Å². The highest BCUT2D eigenvalue weighted by molar-refractivity contribution is 6.33.